The van der Waals surface area contributed by atoms with Crippen LogP contribution in [0.15, 0.2) is 29.1 Å². The molecule has 0 amide bonds. The van der Waals surface area contributed by atoms with Crippen molar-refractivity contribution in [3.8, 4) is 5.75 Å². The molecule has 1 aromatic carbocycles. The molecule has 2 aromatic heterocycles. The standard InChI is InChI=1S/C15H15N5O4/c1-8-17-12(16)11-13(18-8)20(15(23)19-11)6-7-24-10-5-3-2-4-9(10)14(21)22/h2-5H,6-7H2,1H3,(H,19,23)(H,21,22)(H2,16,17,18). The Kier molecular flexibility index (Phi) is 3.90. The summed E-state index contributed by atoms with van der Waals surface area (Å²) in [6.07, 6.45) is 0. The van der Waals surface area contributed by atoms with Gasteiger partial charge in [-0.3, -0.25) is 4.57 Å². The molecule has 0 aliphatic carbocycles. The zero-order chi connectivity index (χ0) is 17.3. The molecule has 0 spiro atoms. The molecule has 0 radical (unpaired) electrons. The number of aromatic amines is 1. The minimum atomic E-state index is -1.08. The van der Waals surface area contributed by atoms with Gasteiger partial charge in [0.2, 0.25) is 0 Å². The summed E-state index contributed by atoms with van der Waals surface area (Å²) in [7, 11) is 0. The number of ether oxygens (including phenoxy) is 1. The first-order valence-electron chi connectivity index (χ1n) is 7.15. The highest BCUT2D eigenvalue weighted by Crippen LogP contribution is 2.18. The van der Waals surface area contributed by atoms with E-state index in [9.17, 15) is 9.59 Å². The van der Waals surface area contributed by atoms with E-state index in [1.54, 1.807) is 25.1 Å². The molecule has 4 N–H and O–H groups in total. The van der Waals surface area contributed by atoms with Gasteiger partial charge < -0.3 is 20.6 Å². The first kappa shape index (κ1) is 15.5. The Morgan fingerprint density at radius 3 is 2.88 bits per heavy atom. The largest absolute Gasteiger partial charge is 0.491 e. The average molecular weight is 329 g/mol. The van der Waals surface area contributed by atoms with Crippen LogP contribution in [0.3, 0.4) is 0 Å². The summed E-state index contributed by atoms with van der Waals surface area (Å²) in [6.45, 7) is 1.96. The molecule has 2 heterocycles. The van der Waals surface area contributed by atoms with Crippen LogP contribution in [0.1, 0.15) is 16.2 Å². The lowest BCUT2D eigenvalue weighted by Gasteiger charge is -2.09. The van der Waals surface area contributed by atoms with Crippen LogP contribution < -0.4 is 16.2 Å². The lowest BCUT2D eigenvalue weighted by Crippen LogP contribution is -2.21. The minimum Gasteiger partial charge on any atom is -0.491 e. The van der Waals surface area contributed by atoms with Gasteiger partial charge in [0.15, 0.2) is 11.5 Å². The van der Waals surface area contributed by atoms with Gasteiger partial charge in [-0.05, 0) is 19.1 Å². The molecule has 9 nitrogen and oxygen atoms in total. The van der Waals surface area contributed by atoms with Crippen molar-refractivity contribution in [3.63, 3.8) is 0 Å². The number of imidazole rings is 1. The van der Waals surface area contributed by atoms with E-state index in [0.29, 0.717) is 17.0 Å². The van der Waals surface area contributed by atoms with Gasteiger partial charge in [0.05, 0.1) is 6.54 Å². The zero-order valence-electron chi connectivity index (χ0n) is 12.8. The highest BCUT2D eigenvalue weighted by Gasteiger charge is 2.14. The van der Waals surface area contributed by atoms with E-state index in [1.165, 1.54) is 10.6 Å². The molecule has 124 valence electrons. The quantitative estimate of drug-likeness (QED) is 0.629. The summed E-state index contributed by atoms with van der Waals surface area (Å²) in [5.41, 5.74) is 6.22. The number of aromatic carboxylic acids is 1. The van der Waals surface area contributed by atoms with Crippen LogP contribution in [0.5, 0.6) is 5.75 Å². The Morgan fingerprint density at radius 1 is 1.38 bits per heavy atom. The number of hydrogen-bond acceptors (Lipinski definition) is 6. The van der Waals surface area contributed by atoms with Gasteiger partial charge in [0.25, 0.3) is 0 Å². The van der Waals surface area contributed by atoms with E-state index in [2.05, 4.69) is 15.0 Å². The van der Waals surface area contributed by atoms with Crippen LogP contribution in [-0.4, -0.2) is 37.2 Å². The Morgan fingerprint density at radius 2 is 2.12 bits per heavy atom. The zero-order valence-corrected chi connectivity index (χ0v) is 12.8. The lowest BCUT2D eigenvalue weighted by molar-refractivity contribution is 0.0692. The van der Waals surface area contributed by atoms with Gasteiger partial charge in [-0.25, -0.2) is 19.6 Å². The van der Waals surface area contributed by atoms with E-state index >= 15 is 0 Å². The summed E-state index contributed by atoms with van der Waals surface area (Å²) in [4.78, 5) is 34.0. The Balaban J connectivity index is 1.84. The normalized spacial score (nSPS) is 10.9. The second-order valence-electron chi connectivity index (χ2n) is 5.09. The van der Waals surface area contributed by atoms with Crippen molar-refractivity contribution < 1.29 is 14.6 Å². The summed E-state index contributed by atoms with van der Waals surface area (Å²) in [5.74, 6) is -0.190. The Bertz CT molecular complexity index is 976. The highest BCUT2D eigenvalue weighted by atomic mass is 16.5. The number of nitrogens with one attached hydrogen (secondary N) is 1. The molecular formula is C15H15N5O4. The third kappa shape index (κ3) is 2.78. The molecule has 3 aromatic rings. The molecule has 0 fully saturated rings. The fourth-order valence-electron chi connectivity index (χ4n) is 2.39. The number of carboxylic acid groups (broad SMARTS) is 1. The number of carboxylic acids is 1. The number of hydrogen-bond donors (Lipinski definition) is 3. The molecule has 0 atom stereocenters. The van der Waals surface area contributed by atoms with Gasteiger partial charge in [-0.2, -0.15) is 0 Å². The number of rotatable bonds is 5. The first-order valence-corrected chi connectivity index (χ1v) is 7.15. The van der Waals surface area contributed by atoms with Gasteiger partial charge in [-0.15, -0.1) is 0 Å². The van der Waals surface area contributed by atoms with Crippen LogP contribution in [-0.2, 0) is 6.54 Å². The van der Waals surface area contributed by atoms with Crippen molar-refractivity contribution in [3.05, 3.63) is 46.1 Å². The van der Waals surface area contributed by atoms with Crippen LogP contribution >= 0.6 is 0 Å². The third-order valence-corrected chi connectivity index (χ3v) is 3.45. The number of nitrogens with two attached hydrogens (primary N) is 1. The number of aromatic nitrogens is 4. The number of para-hydroxylation sites is 1. The number of carbonyl (C=O) groups is 1. The maximum absolute atomic E-state index is 12.1. The molecule has 0 bridgehead atoms. The van der Waals surface area contributed by atoms with Gasteiger partial charge in [-0.1, -0.05) is 12.1 Å². The predicted molar refractivity (Wildman–Crippen MR) is 86.2 cm³/mol. The first-order chi connectivity index (χ1) is 11.5. The van der Waals surface area contributed by atoms with E-state index in [-0.39, 0.29) is 36.0 Å². The van der Waals surface area contributed by atoms with Crippen molar-refractivity contribution in [1.82, 2.24) is 19.5 Å². The van der Waals surface area contributed by atoms with Gasteiger partial charge >= 0.3 is 11.7 Å². The molecule has 0 aliphatic heterocycles. The fraction of sp³-hybridized carbons (Fsp3) is 0.200. The Labute approximate surface area is 135 Å². The number of nitrogens with zero attached hydrogens (tertiary/aromatic N) is 3. The van der Waals surface area contributed by atoms with Crippen LogP contribution in [0, 0.1) is 6.92 Å². The van der Waals surface area contributed by atoms with Crippen molar-refractivity contribution in [1.29, 1.82) is 0 Å². The van der Waals surface area contributed by atoms with Crippen molar-refractivity contribution in [2.24, 2.45) is 0 Å². The summed E-state index contributed by atoms with van der Waals surface area (Å²) in [5, 5.41) is 9.12. The highest BCUT2D eigenvalue weighted by molar-refractivity contribution is 5.90. The molecule has 9 heteroatoms. The van der Waals surface area contributed by atoms with Crippen LogP contribution in [0.25, 0.3) is 11.2 Å². The number of benzene rings is 1. The number of fused-ring (bicyclic) bond motifs is 1. The van der Waals surface area contributed by atoms with Crippen molar-refractivity contribution >= 4 is 23.0 Å². The second-order valence-corrected chi connectivity index (χ2v) is 5.09. The predicted octanol–water partition coefficient (Wildman–Crippen LogP) is 0.787. The number of H-pyrrole nitrogens is 1. The molecular weight excluding hydrogens is 314 g/mol. The SMILES string of the molecule is Cc1nc(N)c2[nH]c(=O)n(CCOc3ccccc3C(=O)O)c2n1. The average Bonchev–Trinajstić information content (AvgIpc) is 2.84. The Hall–Kier alpha value is -3.36. The third-order valence-electron chi connectivity index (χ3n) is 3.45. The maximum atomic E-state index is 12.1. The summed E-state index contributed by atoms with van der Waals surface area (Å²) >= 11 is 0. The molecule has 0 aliphatic rings. The molecule has 0 saturated carbocycles. The fourth-order valence-corrected chi connectivity index (χ4v) is 2.39. The van der Waals surface area contributed by atoms with Gasteiger partial charge in [0.1, 0.15) is 29.3 Å². The van der Waals surface area contributed by atoms with Crippen LogP contribution in [0.4, 0.5) is 5.82 Å². The van der Waals surface area contributed by atoms with Gasteiger partial charge in [0, 0.05) is 0 Å². The number of nitrogen functional groups attached to an aromatic ring is 1. The molecule has 0 saturated heterocycles. The summed E-state index contributed by atoms with van der Waals surface area (Å²) in [6, 6.07) is 6.30. The molecule has 3 rings (SSSR count). The smallest absolute Gasteiger partial charge is 0.339 e. The van der Waals surface area contributed by atoms with E-state index in [4.69, 9.17) is 15.6 Å². The molecule has 0 unspecified atom stereocenters. The topological polar surface area (TPSA) is 136 Å². The molecule has 24 heavy (non-hydrogen) atoms. The number of aryl methyl sites for hydroxylation is 1. The van der Waals surface area contributed by atoms with E-state index in [0.717, 1.165) is 0 Å². The summed E-state index contributed by atoms with van der Waals surface area (Å²) < 4.78 is 6.89. The maximum Gasteiger partial charge on any atom is 0.339 e. The second kappa shape index (κ2) is 6.03. The number of anilines is 1. The van der Waals surface area contributed by atoms with Crippen molar-refractivity contribution in [2.75, 3.05) is 12.3 Å². The van der Waals surface area contributed by atoms with E-state index in [1.807, 2.05) is 0 Å². The monoisotopic (exact) mass is 329 g/mol. The van der Waals surface area contributed by atoms with Crippen molar-refractivity contribution in [2.45, 2.75) is 13.5 Å². The minimum absolute atomic E-state index is 0.0613. The van der Waals surface area contributed by atoms with Crippen LogP contribution in [0.2, 0.25) is 0 Å². The van der Waals surface area contributed by atoms with E-state index < -0.39 is 5.97 Å². The lowest BCUT2D eigenvalue weighted by atomic mass is 10.2.